The van der Waals surface area contributed by atoms with Crippen LogP contribution in [0.25, 0.3) is 0 Å². The van der Waals surface area contributed by atoms with Crippen molar-refractivity contribution >= 4 is 5.69 Å². The lowest BCUT2D eigenvalue weighted by Gasteiger charge is -2.29. The highest BCUT2D eigenvalue weighted by atomic mass is 16.5. The van der Waals surface area contributed by atoms with Gasteiger partial charge in [0.05, 0.1) is 26.9 Å². The van der Waals surface area contributed by atoms with Gasteiger partial charge in [0.15, 0.2) is 0 Å². The van der Waals surface area contributed by atoms with Crippen LogP contribution < -0.4 is 14.4 Å². The molecule has 0 saturated heterocycles. The van der Waals surface area contributed by atoms with Crippen LogP contribution in [0.1, 0.15) is 17.2 Å². The molecule has 2 aromatic carbocycles. The zero-order chi connectivity index (χ0) is 16.2. The predicted molar refractivity (Wildman–Crippen MR) is 91.7 cm³/mol. The van der Waals surface area contributed by atoms with E-state index in [9.17, 15) is 0 Å². The lowest BCUT2D eigenvalue weighted by atomic mass is 9.98. The Kier molecular flexibility index (Phi) is 4.72. The Morgan fingerprint density at radius 2 is 1.70 bits per heavy atom. The predicted octanol–water partition coefficient (Wildman–Crippen LogP) is 3.45. The van der Waals surface area contributed by atoms with Gasteiger partial charge in [-0.25, -0.2) is 0 Å². The summed E-state index contributed by atoms with van der Waals surface area (Å²) >= 11 is 0. The Hall–Kier alpha value is -2.20. The SMILES string of the molecule is COc1ccc(C2Cc3ccc(OC)cc3N(C)CCO2)cc1. The van der Waals surface area contributed by atoms with Crippen molar-refractivity contribution in [3.8, 4) is 11.5 Å². The van der Waals surface area contributed by atoms with Gasteiger partial charge in [0.1, 0.15) is 11.5 Å². The summed E-state index contributed by atoms with van der Waals surface area (Å²) in [5.41, 5.74) is 3.66. The molecule has 0 bridgehead atoms. The Bertz CT molecular complexity index is 654. The largest absolute Gasteiger partial charge is 0.497 e. The first-order chi connectivity index (χ1) is 11.2. The van der Waals surface area contributed by atoms with Gasteiger partial charge >= 0.3 is 0 Å². The van der Waals surface area contributed by atoms with E-state index in [0.717, 1.165) is 24.5 Å². The Labute approximate surface area is 137 Å². The minimum absolute atomic E-state index is 0.0572. The van der Waals surface area contributed by atoms with Crippen molar-refractivity contribution in [1.82, 2.24) is 0 Å². The van der Waals surface area contributed by atoms with E-state index >= 15 is 0 Å². The maximum Gasteiger partial charge on any atom is 0.120 e. The smallest absolute Gasteiger partial charge is 0.120 e. The van der Waals surface area contributed by atoms with Crippen molar-refractivity contribution in [3.63, 3.8) is 0 Å². The molecule has 4 nitrogen and oxygen atoms in total. The standard InChI is InChI=1S/C19H23NO3/c1-20-10-11-23-19(14-4-7-16(21-2)8-5-14)12-15-6-9-17(22-3)13-18(15)20/h4-9,13,19H,10-12H2,1-3H3. The van der Waals surface area contributed by atoms with Gasteiger partial charge < -0.3 is 19.1 Å². The molecule has 0 fully saturated rings. The molecule has 4 heteroatoms. The van der Waals surface area contributed by atoms with E-state index in [1.165, 1.54) is 16.8 Å². The highest BCUT2D eigenvalue weighted by Gasteiger charge is 2.20. The molecule has 0 aliphatic carbocycles. The molecule has 1 aliphatic heterocycles. The molecule has 0 saturated carbocycles. The lowest BCUT2D eigenvalue weighted by Crippen LogP contribution is -2.27. The molecule has 3 rings (SSSR count). The number of likely N-dealkylation sites (N-methyl/N-ethyl adjacent to an activating group) is 1. The van der Waals surface area contributed by atoms with Crippen molar-refractivity contribution in [3.05, 3.63) is 53.6 Å². The normalized spacial score (nSPS) is 17.9. The average Bonchev–Trinajstić information content (AvgIpc) is 2.59. The van der Waals surface area contributed by atoms with Crippen LogP contribution in [0.15, 0.2) is 42.5 Å². The van der Waals surface area contributed by atoms with Crippen molar-refractivity contribution in [2.75, 3.05) is 39.3 Å². The number of rotatable bonds is 3. The molecular weight excluding hydrogens is 290 g/mol. The van der Waals surface area contributed by atoms with Gasteiger partial charge in [-0.2, -0.15) is 0 Å². The number of nitrogens with zero attached hydrogens (tertiary/aromatic N) is 1. The fourth-order valence-electron chi connectivity index (χ4n) is 2.94. The zero-order valence-corrected chi connectivity index (χ0v) is 13.9. The van der Waals surface area contributed by atoms with E-state index in [1.54, 1.807) is 14.2 Å². The Balaban J connectivity index is 1.90. The molecular formula is C19H23NO3. The first-order valence-corrected chi connectivity index (χ1v) is 7.85. The van der Waals surface area contributed by atoms with E-state index in [-0.39, 0.29) is 6.10 Å². The van der Waals surface area contributed by atoms with Gasteiger partial charge in [0.2, 0.25) is 0 Å². The number of benzene rings is 2. The zero-order valence-electron chi connectivity index (χ0n) is 13.9. The molecule has 2 aromatic rings. The van der Waals surface area contributed by atoms with Gasteiger partial charge in [-0.05, 0) is 29.3 Å². The van der Waals surface area contributed by atoms with Crippen LogP contribution in [0.3, 0.4) is 0 Å². The second-order valence-corrected chi connectivity index (χ2v) is 5.75. The summed E-state index contributed by atoms with van der Waals surface area (Å²) in [6.45, 7) is 1.55. The summed E-state index contributed by atoms with van der Waals surface area (Å²) in [6, 6.07) is 14.4. The number of methoxy groups -OCH3 is 2. The van der Waals surface area contributed by atoms with Gasteiger partial charge in [0, 0.05) is 31.8 Å². The molecule has 0 spiro atoms. The molecule has 122 valence electrons. The van der Waals surface area contributed by atoms with Gasteiger partial charge in [0.25, 0.3) is 0 Å². The highest BCUT2D eigenvalue weighted by molar-refractivity contribution is 5.57. The summed E-state index contributed by atoms with van der Waals surface area (Å²) in [6.07, 6.45) is 0.900. The summed E-state index contributed by atoms with van der Waals surface area (Å²) in [5, 5.41) is 0. The number of hydrogen-bond donors (Lipinski definition) is 0. The second kappa shape index (κ2) is 6.92. The van der Waals surface area contributed by atoms with Crippen LogP contribution in [0.4, 0.5) is 5.69 Å². The Morgan fingerprint density at radius 1 is 1.00 bits per heavy atom. The minimum atomic E-state index is 0.0572. The summed E-state index contributed by atoms with van der Waals surface area (Å²) < 4.78 is 16.7. The number of fused-ring (bicyclic) bond motifs is 1. The third-order valence-electron chi connectivity index (χ3n) is 4.34. The van der Waals surface area contributed by atoms with Crippen molar-refractivity contribution in [2.24, 2.45) is 0 Å². The maximum absolute atomic E-state index is 6.11. The van der Waals surface area contributed by atoms with E-state index in [1.807, 2.05) is 18.2 Å². The number of anilines is 1. The van der Waals surface area contributed by atoms with Crippen molar-refractivity contribution in [2.45, 2.75) is 12.5 Å². The third-order valence-corrected chi connectivity index (χ3v) is 4.34. The monoisotopic (exact) mass is 313 g/mol. The lowest BCUT2D eigenvalue weighted by molar-refractivity contribution is 0.0559. The molecule has 1 heterocycles. The maximum atomic E-state index is 6.11. The number of hydrogen-bond acceptors (Lipinski definition) is 4. The molecule has 0 aromatic heterocycles. The van der Waals surface area contributed by atoms with E-state index in [4.69, 9.17) is 14.2 Å². The van der Waals surface area contributed by atoms with Crippen LogP contribution in [-0.4, -0.2) is 34.4 Å². The molecule has 1 atom stereocenters. The molecule has 1 unspecified atom stereocenters. The minimum Gasteiger partial charge on any atom is -0.497 e. The molecule has 1 aliphatic rings. The van der Waals surface area contributed by atoms with Gasteiger partial charge in [-0.15, -0.1) is 0 Å². The van der Waals surface area contributed by atoms with Crippen LogP contribution in [0.2, 0.25) is 0 Å². The number of ether oxygens (including phenoxy) is 3. The summed E-state index contributed by atoms with van der Waals surface area (Å²) in [4.78, 5) is 2.22. The fraction of sp³-hybridized carbons (Fsp3) is 0.368. The molecule has 0 N–H and O–H groups in total. The Morgan fingerprint density at radius 3 is 2.39 bits per heavy atom. The van der Waals surface area contributed by atoms with E-state index in [2.05, 4.69) is 36.2 Å². The first-order valence-electron chi connectivity index (χ1n) is 7.85. The highest BCUT2D eigenvalue weighted by Crippen LogP contribution is 2.33. The third kappa shape index (κ3) is 3.42. The quantitative estimate of drug-likeness (QED) is 0.868. The van der Waals surface area contributed by atoms with Crippen LogP contribution in [0, 0.1) is 0 Å². The topological polar surface area (TPSA) is 30.9 Å². The van der Waals surface area contributed by atoms with Gasteiger partial charge in [-0.3, -0.25) is 0 Å². The first kappa shape index (κ1) is 15.7. The summed E-state index contributed by atoms with van der Waals surface area (Å²) in [7, 11) is 5.48. The van der Waals surface area contributed by atoms with Crippen LogP contribution >= 0.6 is 0 Å². The van der Waals surface area contributed by atoms with Crippen LogP contribution in [-0.2, 0) is 11.2 Å². The fourth-order valence-corrected chi connectivity index (χ4v) is 2.94. The summed E-state index contributed by atoms with van der Waals surface area (Å²) in [5.74, 6) is 1.75. The van der Waals surface area contributed by atoms with Gasteiger partial charge in [-0.1, -0.05) is 18.2 Å². The average molecular weight is 313 g/mol. The molecule has 23 heavy (non-hydrogen) atoms. The molecule has 0 radical (unpaired) electrons. The van der Waals surface area contributed by atoms with Crippen molar-refractivity contribution in [1.29, 1.82) is 0 Å². The van der Waals surface area contributed by atoms with Crippen molar-refractivity contribution < 1.29 is 14.2 Å². The second-order valence-electron chi connectivity index (χ2n) is 5.75. The molecule has 0 amide bonds. The van der Waals surface area contributed by atoms with E-state index in [0.29, 0.717) is 6.61 Å². The van der Waals surface area contributed by atoms with E-state index < -0.39 is 0 Å². The van der Waals surface area contributed by atoms with Crippen LogP contribution in [0.5, 0.6) is 11.5 Å².